The predicted octanol–water partition coefficient (Wildman–Crippen LogP) is 3.92. The van der Waals surface area contributed by atoms with Crippen molar-refractivity contribution in [3.63, 3.8) is 0 Å². The molecule has 6 nitrogen and oxygen atoms in total. The topological polar surface area (TPSA) is 86.2 Å². The van der Waals surface area contributed by atoms with Gasteiger partial charge in [0.2, 0.25) is 5.89 Å². The fraction of sp³-hybridized carbons (Fsp3) is 0. The molecule has 3 aromatic rings. The number of non-ortho nitro benzene ring substituents is 1. The number of nitro groups is 1. The van der Waals surface area contributed by atoms with E-state index in [1.807, 2.05) is 0 Å². The van der Waals surface area contributed by atoms with Gasteiger partial charge in [0.1, 0.15) is 0 Å². The van der Waals surface area contributed by atoms with Crippen LogP contribution in [-0.2, 0) is 0 Å². The molecule has 0 fully saturated rings. The molecule has 0 bridgehead atoms. The maximum absolute atomic E-state index is 11.9. The first kappa shape index (κ1) is 14.9. The van der Waals surface area contributed by atoms with E-state index < -0.39 is 10.5 Å². The monoisotopic (exact) mass is 328 g/mol. The van der Waals surface area contributed by atoms with Gasteiger partial charge in [-0.2, -0.15) is 0 Å². The number of aromatic nitrogens is 1. The lowest BCUT2D eigenvalue weighted by atomic mass is 10.2. The van der Waals surface area contributed by atoms with Crippen molar-refractivity contribution >= 4 is 40.3 Å². The zero-order valence-electron chi connectivity index (χ0n) is 11.6. The average molecular weight is 329 g/mol. The predicted molar refractivity (Wildman–Crippen MR) is 87.3 cm³/mol. The Kier molecular flexibility index (Phi) is 3.91. The van der Waals surface area contributed by atoms with Crippen molar-refractivity contribution in [1.82, 2.24) is 4.98 Å². The zero-order valence-corrected chi connectivity index (χ0v) is 12.4. The Hall–Kier alpha value is -2.99. The first-order chi connectivity index (χ1) is 11.0. The van der Waals surface area contributed by atoms with Crippen LogP contribution >= 0.6 is 11.6 Å². The van der Waals surface area contributed by atoms with Crippen molar-refractivity contribution in [3.05, 3.63) is 79.5 Å². The zero-order chi connectivity index (χ0) is 16.4. The van der Waals surface area contributed by atoms with Crippen LogP contribution in [0.15, 0.2) is 51.7 Å². The number of fused-ring (bicyclic) bond motifs is 1. The Balaban J connectivity index is 1.94. The molecule has 7 heteroatoms. The maximum atomic E-state index is 11.9. The second-order valence-corrected chi connectivity index (χ2v) is 5.12. The van der Waals surface area contributed by atoms with Gasteiger partial charge in [-0.3, -0.25) is 10.1 Å². The lowest BCUT2D eigenvalue weighted by Crippen LogP contribution is -2.02. The Bertz CT molecular complexity index is 978. The van der Waals surface area contributed by atoms with E-state index in [0.717, 1.165) is 0 Å². The normalized spacial score (nSPS) is 11.2. The van der Waals surface area contributed by atoms with Gasteiger partial charge in [-0.15, -0.1) is 0 Å². The molecule has 0 spiro atoms. The molecule has 0 radical (unpaired) electrons. The average Bonchev–Trinajstić information content (AvgIpc) is 2.53. The van der Waals surface area contributed by atoms with Gasteiger partial charge in [0.15, 0.2) is 0 Å². The fourth-order valence-electron chi connectivity index (χ4n) is 2.01. The molecule has 0 saturated heterocycles. The Labute approximate surface area is 134 Å². The largest absolute Gasteiger partial charge is 0.404 e. The summed E-state index contributed by atoms with van der Waals surface area (Å²) in [7, 11) is 0. The highest BCUT2D eigenvalue weighted by Gasteiger charge is 2.05. The van der Waals surface area contributed by atoms with Crippen LogP contribution in [0.4, 0.5) is 5.69 Å². The van der Waals surface area contributed by atoms with Crippen LogP contribution in [0.3, 0.4) is 0 Å². The Morgan fingerprint density at radius 3 is 2.57 bits per heavy atom. The number of benzene rings is 2. The van der Waals surface area contributed by atoms with Crippen molar-refractivity contribution in [2.45, 2.75) is 0 Å². The van der Waals surface area contributed by atoms with Crippen LogP contribution in [0.5, 0.6) is 0 Å². The molecule has 0 aliphatic carbocycles. The van der Waals surface area contributed by atoms with Gasteiger partial charge in [-0.25, -0.2) is 9.78 Å². The molecule has 0 aliphatic heterocycles. The van der Waals surface area contributed by atoms with Crippen LogP contribution in [-0.4, -0.2) is 9.91 Å². The van der Waals surface area contributed by atoms with E-state index in [0.29, 0.717) is 21.5 Å². The summed E-state index contributed by atoms with van der Waals surface area (Å²) in [6, 6.07) is 10.7. The lowest BCUT2D eigenvalue weighted by Gasteiger charge is -1.98. The van der Waals surface area contributed by atoms with Gasteiger partial charge in [0.25, 0.3) is 5.69 Å². The SMILES string of the molecule is O=c1oc(C=Cc2ccc([N+](=O)[O-])cc2)nc2cc(Cl)ccc12. The summed E-state index contributed by atoms with van der Waals surface area (Å²) >= 11 is 5.89. The standard InChI is InChI=1S/C16H9ClN2O4/c17-11-4-7-13-14(9-11)18-15(23-16(13)20)8-3-10-1-5-12(6-2-10)19(21)22/h1-9H. The molecule has 0 unspecified atom stereocenters. The summed E-state index contributed by atoms with van der Waals surface area (Å²) in [5.41, 5.74) is 0.658. The third-order valence-corrected chi connectivity index (χ3v) is 3.36. The molecule has 0 N–H and O–H groups in total. The maximum Gasteiger partial charge on any atom is 0.347 e. The van der Waals surface area contributed by atoms with E-state index in [-0.39, 0.29) is 11.6 Å². The molecule has 0 saturated carbocycles. The first-order valence-corrected chi connectivity index (χ1v) is 6.94. The van der Waals surface area contributed by atoms with E-state index in [2.05, 4.69) is 4.98 Å². The van der Waals surface area contributed by atoms with E-state index in [4.69, 9.17) is 16.0 Å². The van der Waals surface area contributed by atoms with Crippen LogP contribution < -0.4 is 5.63 Å². The van der Waals surface area contributed by atoms with Crippen molar-refractivity contribution in [3.8, 4) is 0 Å². The second-order valence-electron chi connectivity index (χ2n) is 4.68. The third-order valence-electron chi connectivity index (χ3n) is 3.13. The summed E-state index contributed by atoms with van der Waals surface area (Å²) in [4.78, 5) is 26.2. The Morgan fingerprint density at radius 2 is 1.87 bits per heavy atom. The molecule has 0 aliphatic rings. The van der Waals surface area contributed by atoms with Crippen LogP contribution in [0, 0.1) is 10.1 Å². The van der Waals surface area contributed by atoms with Gasteiger partial charge in [0, 0.05) is 23.2 Å². The molecule has 0 amide bonds. The fourth-order valence-corrected chi connectivity index (χ4v) is 2.17. The van der Waals surface area contributed by atoms with Crippen molar-refractivity contribution in [2.24, 2.45) is 0 Å². The van der Waals surface area contributed by atoms with Gasteiger partial charge < -0.3 is 4.42 Å². The number of halogens is 1. The number of rotatable bonds is 3. The molecule has 1 heterocycles. The molecule has 114 valence electrons. The van der Waals surface area contributed by atoms with E-state index >= 15 is 0 Å². The summed E-state index contributed by atoms with van der Waals surface area (Å²) in [6.45, 7) is 0. The summed E-state index contributed by atoms with van der Waals surface area (Å²) in [6.07, 6.45) is 3.16. The first-order valence-electron chi connectivity index (χ1n) is 6.56. The van der Waals surface area contributed by atoms with E-state index in [1.165, 1.54) is 18.2 Å². The molecular formula is C16H9ClN2O4. The molecule has 2 aromatic carbocycles. The number of nitro benzene ring substituents is 1. The van der Waals surface area contributed by atoms with E-state index in [1.54, 1.807) is 36.4 Å². The van der Waals surface area contributed by atoms with Gasteiger partial charge in [-0.1, -0.05) is 11.6 Å². The highest BCUT2D eigenvalue weighted by Crippen LogP contribution is 2.17. The molecule has 1 aromatic heterocycles. The van der Waals surface area contributed by atoms with Crippen molar-refractivity contribution in [1.29, 1.82) is 0 Å². The number of hydrogen-bond acceptors (Lipinski definition) is 5. The summed E-state index contributed by atoms with van der Waals surface area (Å²) in [5.74, 6) is 0.128. The van der Waals surface area contributed by atoms with Crippen molar-refractivity contribution < 1.29 is 9.34 Å². The van der Waals surface area contributed by atoms with Crippen molar-refractivity contribution in [2.75, 3.05) is 0 Å². The van der Waals surface area contributed by atoms with Gasteiger partial charge in [-0.05, 0) is 42.0 Å². The molecule has 3 rings (SSSR count). The number of nitrogens with zero attached hydrogens (tertiary/aromatic N) is 2. The van der Waals surface area contributed by atoms with Crippen LogP contribution in [0.25, 0.3) is 23.1 Å². The van der Waals surface area contributed by atoms with Gasteiger partial charge in [0.05, 0.1) is 15.8 Å². The lowest BCUT2D eigenvalue weighted by molar-refractivity contribution is -0.384. The minimum atomic E-state index is -0.505. The van der Waals surface area contributed by atoms with Crippen LogP contribution in [0.1, 0.15) is 11.5 Å². The summed E-state index contributed by atoms with van der Waals surface area (Å²) in [5, 5.41) is 11.4. The highest BCUT2D eigenvalue weighted by atomic mass is 35.5. The Morgan fingerprint density at radius 1 is 1.13 bits per heavy atom. The molecule has 0 atom stereocenters. The minimum Gasteiger partial charge on any atom is -0.404 e. The quantitative estimate of drug-likeness (QED) is 0.537. The van der Waals surface area contributed by atoms with Crippen LogP contribution in [0.2, 0.25) is 5.02 Å². The highest BCUT2D eigenvalue weighted by molar-refractivity contribution is 6.31. The summed E-state index contributed by atoms with van der Waals surface area (Å²) < 4.78 is 5.11. The van der Waals surface area contributed by atoms with Gasteiger partial charge >= 0.3 is 5.63 Å². The molecule has 23 heavy (non-hydrogen) atoms. The molecular weight excluding hydrogens is 320 g/mol. The number of hydrogen-bond donors (Lipinski definition) is 0. The second kappa shape index (κ2) is 6.02. The minimum absolute atomic E-state index is 0.00662. The van der Waals surface area contributed by atoms with E-state index in [9.17, 15) is 14.9 Å². The third kappa shape index (κ3) is 3.27. The smallest absolute Gasteiger partial charge is 0.347 e.